The summed E-state index contributed by atoms with van der Waals surface area (Å²) in [6.07, 6.45) is -0.847. The summed E-state index contributed by atoms with van der Waals surface area (Å²) in [5, 5.41) is 3.51. The van der Waals surface area contributed by atoms with E-state index in [2.05, 4.69) is 5.32 Å². The third kappa shape index (κ3) is 5.21. The summed E-state index contributed by atoms with van der Waals surface area (Å²) in [7, 11) is 0. The zero-order valence-corrected chi connectivity index (χ0v) is 19.0. The van der Waals surface area contributed by atoms with E-state index in [-0.39, 0.29) is 19.1 Å². The molecule has 1 atom stereocenters. The van der Waals surface area contributed by atoms with Crippen LogP contribution in [0.1, 0.15) is 12.5 Å². The number of rotatable bonds is 6. The second kappa shape index (κ2) is 9.68. The van der Waals surface area contributed by atoms with E-state index >= 15 is 0 Å². The molecule has 0 spiro atoms. The van der Waals surface area contributed by atoms with Crippen molar-refractivity contribution < 1.29 is 23.5 Å². The van der Waals surface area contributed by atoms with Crippen molar-refractivity contribution in [2.24, 2.45) is 0 Å². The summed E-state index contributed by atoms with van der Waals surface area (Å²) >= 11 is 12.0. The van der Waals surface area contributed by atoms with Crippen molar-refractivity contribution in [1.29, 1.82) is 0 Å². The van der Waals surface area contributed by atoms with Crippen LogP contribution in [0.4, 0.5) is 15.8 Å². The van der Waals surface area contributed by atoms with Crippen molar-refractivity contribution in [3.63, 3.8) is 0 Å². The second-order valence-electron chi connectivity index (χ2n) is 7.37. The van der Waals surface area contributed by atoms with Gasteiger partial charge in [-0.15, -0.1) is 0 Å². The summed E-state index contributed by atoms with van der Waals surface area (Å²) in [4.78, 5) is 26.5. The lowest BCUT2D eigenvalue weighted by Gasteiger charge is -2.30. The number of amides is 2. The maximum absolute atomic E-state index is 14.1. The Balaban J connectivity index is 1.47. The Hall–Kier alpha value is -3.29. The lowest BCUT2D eigenvalue weighted by Crippen LogP contribution is -2.38. The number of hydrogen-bond donors (Lipinski definition) is 1. The van der Waals surface area contributed by atoms with Crippen LogP contribution >= 0.6 is 23.2 Å². The summed E-state index contributed by atoms with van der Waals surface area (Å²) in [5.74, 6) is -0.352. The molecule has 1 aliphatic heterocycles. The van der Waals surface area contributed by atoms with Crippen LogP contribution in [0.2, 0.25) is 10.0 Å². The fourth-order valence-corrected chi connectivity index (χ4v) is 3.76. The maximum Gasteiger partial charge on any atom is 0.265 e. The third-order valence-corrected chi connectivity index (χ3v) is 5.55. The van der Waals surface area contributed by atoms with E-state index in [1.807, 2.05) is 0 Å². The first-order chi connectivity index (χ1) is 15.8. The highest BCUT2D eigenvalue weighted by atomic mass is 35.5. The second-order valence-corrected chi connectivity index (χ2v) is 8.21. The van der Waals surface area contributed by atoms with Crippen LogP contribution in [0.15, 0.2) is 60.7 Å². The van der Waals surface area contributed by atoms with Crippen LogP contribution < -0.4 is 19.7 Å². The Bertz CT molecular complexity index is 1220. The number of carbonyl (C=O) groups is 2. The maximum atomic E-state index is 14.1. The van der Waals surface area contributed by atoms with E-state index in [4.69, 9.17) is 32.7 Å². The van der Waals surface area contributed by atoms with Gasteiger partial charge in [0.1, 0.15) is 17.3 Å². The van der Waals surface area contributed by atoms with E-state index in [1.54, 1.807) is 55.5 Å². The normalized spacial score (nSPS) is 13.7. The number of ether oxygens (including phenoxy) is 2. The summed E-state index contributed by atoms with van der Waals surface area (Å²) in [5.41, 5.74) is 1.34. The summed E-state index contributed by atoms with van der Waals surface area (Å²) < 4.78 is 25.3. The molecule has 9 heteroatoms. The molecule has 33 heavy (non-hydrogen) atoms. The standard InChI is InChI=1S/C24H19Cl2FN2O4/c1-14(33-21-9-6-16(25)10-18(21)26)24(31)28-17-7-8-20-22(11-17)32-13-23(30)29(20)12-15-4-2-3-5-19(15)27/h2-11,14H,12-13H2,1H3,(H,28,31). The minimum atomic E-state index is -0.847. The largest absolute Gasteiger partial charge is 0.481 e. The molecule has 1 aliphatic rings. The molecule has 0 aliphatic carbocycles. The van der Waals surface area contributed by atoms with Crippen LogP contribution in [0.3, 0.4) is 0 Å². The van der Waals surface area contributed by atoms with Gasteiger partial charge in [-0.25, -0.2) is 4.39 Å². The third-order valence-electron chi connectivity index (χ3n) is 5.02. The number of anilines is 2. The molecule has 4 rings (SSSR count). The highest BCUT2D eigenvalue weighted by molar-refractivity contribution is 6.35. The summed E-state index contributed by atoms with van der Waals surface area (Å²) in [6.45, 7) is 1.47. The van der Waals surface area contributed by atoms with Gasteiger partial charge in [0.25, 0.3) is 11.8 Å². The molecule has 0 saturated carbocycles. The lowest BCUT2D eigenvalue weighted by molar-refractivity contribution is -0.122. The first-order valence-corrected chi connectivity index (χ1v) is 10.8. The van der Waals surface area contributed by atoms with Gasteiger partial charge in [0.05, 0.1) is 17.3 Å². The van der Waals surface area contributed by atoms with Crippen molar-refractivity contribution >= 4 is 46.4 Å². The molecule has 1 N–H and O–H groups in total. The van der Waals surface area contributed by atoms with Gasteiger partial charge in [0, 0.05) is 22.3 Å². The van der Waals surface area contributed by atoms with E-state index in [0.717, 1.165) is 0 Å². The predicted molar refractivity (Wildman–Crippen MR) is 125 cm³/mol. The van der Waals surface area contributed by atoms with Crippen molar-refractivity contribution in [1.82, 2.24) is 0 Å². The van der Waals surface area contributed by atoms with Gasteiger partial charge in [-0.1, -0.05) is 41.4 Å². The smallest absolute Gasteiger partial charge is 0.265 e. The van der Waals surface area contributed by atoms with Gasteiger partial charge in [-0.2, -0.15) is 0 Å². The number of fused-ring (bicyclic) bond motifs is 1. The Morgan fingerprint density at radius 3 is 2.73 bits per heavy atom. The van der Waals surface area contributed by atoms with Crippen LogP contribution in [-0.4, -0.2) is 24.5 Å². The number of nitrogens with one attached hydrogen (secondary N) is 1. The Labute approximate surface area is 199 Å². The molecule has 6 nitrogen and oxygen atoms in total. The van der Waals surface area contributed by atoms with Gasteiger partial charge >= 0.3 is 0 Å². The topological polar surface area (TPSA) is 67.9 Å². The molecule has 170 valence electrons. The SMILES string of the molecule is CC(Oc1ccc(Cl)cc1Cl)C(=O)Nc1ccc2c(c1)OCC(=O)N2Cc1ccccc1F. The molecule has 0 fully saturated rings. The van der Waals surface area contributed by atoms with E-state index < -0.39 is 17.8 Å². The summed E-state index contributed by atoms with van der Waals surface area (Å²) in [6, 6.07) is 15.9. The molecule has 2 amide bonds. The van der Waals surface area contributed by atoms with Gasteiger partial charge < -0.3 is 19.7 Å². The number of nitrogens with zero attached hydrogens (tertiary/aromatic N) is 1. The van der Waals surface area contributed by atoms with Crippen molar-refractivity contribution in [3.05, 3.63) is 82.1 Å². The van der Waals surface area contributed by atoms with E-state index in [0.29, 0.717) is 38.5 Å². The Morgan fingerprint density at radius 2 is 1.97 bits per heavy atom. The quantitative estimate of drug-likeness (QED) is 0.499. The zero-order chi connectivity index (χ0) is 23.5. The molecular weight excluding hydrogens is 470 g/mol. The fraction of sp³-hybridized carbons (Fsp3) is 0.167. The predicted octanol–water partition coefficient (Wildman–Crippen LogP) is 5.46. The van der Waals surface area contributed by atoms with Crippen LogP contribution in [0, 0.1) is 5.82 Å². The molecule has 0 saturated heterocycles. The Morgan fingerprint density at radius 1 is 1.18 bits per heavy atom. The van der Waals surface area contributed by atoms with Crippen LogP contribution in [-0.2, 0) is 16.1 Å². The Kier molecular flexibility index (Phi) is 6.72. The average Bonchev–Trinajstić information content (AvgIpc) is 2.79. The average molecular weight is 489 g/mol. The zero-order valence-electron chi connectivity index (χ0n) is 17.5. The minimum absolute atomic E-state index is 0.0697. The first-order valence-electron chi connectivity index (χ1n) is 10.0. The molecule has 0 radical (unpaired) electrons. The molecule has 3 aromatic rings. The van der Waals surface area contributed by atoms with Crippen molar-refractivity contribution in [3.8, 4) is 11.5 Å². The molecule has 0 bridgehead atoms. The monoisotopic (exact) mass is 488 g/mol. The van der Waals surface area contributed by atoms with E-state index in [9.17, 15) is 14.0 Å². The number of benzene rings is 3. The highest BCUT2D eigenvalue weighted by Gasteiger charge is 2.27. The van der Waals surface area contributed by atoms with Crippen molar-refractivity contribution in [2.45, 2.75) is 19.6 Å². The number of carbonyl (C=O) groups excluding carboxylic acids is 2. The van der Waals surface area contributed by atoms with Gasteiger partial charge in [0.15, 0.2) is 12.7 Å². The molecule has 1 unspecified atom stereocenters. The molecular formula is C24H19Cl2FN2O4. The number of hydrogen-bond acceptors (Lipinski definition) is 4. The number of halogens is 3. The van der Waals surface area contributed by atoms with Gasteiger partial charge in [0.2, 0.25) is 0 Å². The van der Waals surface area contributed by atoms with Crippen LogP contribution in [0.5, 0.6) is 11.5 Å². The lowest BCUT2D eigenvalue weighted by atomic mass is 10.1. The van der Waals surface area contributed by atoms with Crippen LogP contribution in [0.25, 0.3) is 0 Å². The fourth-order valence-electron chi connectivity index (χ4n) is 3.31. The first kappa shape index (κ1) is 22.9. The van der Waals surface area contributed by atoms with Gasteiger partial charge in [-0.3, -0.25) is 9.59 Å². The van der Waals surface area contributed by atoms with Gasteiger partial charge in [-0.05, 0) is 43.3 Å². The molecule has 3 aromatic carbocycles. The van der Waals surface area contributed by atoms with E-state index in [1.165, 1.54) is 17.0 Å². The molecule has 1 heterocycles. The van der Waals surface area contributed by atoms with Crippen molar-refractivity contribution in [2.75, 3.05) is 16.8 Å². The minimum Gasteiger partial charge on any atom is -0.481 e. The molecule has 0 aromatic heterocycles. The highest BCUT2D eigenvalue weighted by Crippen LogP contribution is 2.36.